The van der Waals surface area contributed by atoms with Crippen molar-refractivity contribution < 1.29 is 31.9 Å². The molecule has 0 atom stereocenters. The third-order valence-electron chi connectivity index (χ3n) is 6.27. The fraction of sp³-hybridized carbons (Fsp3) is 0.125. The molecule has 0 saturated heterocycles. The van der Waals surface area contributed by atoms with E-state index in [0.717, 1.165) is 22.4 Å². The number of hydrogen-bond acceptors (Lipinski definition) is 5. The highest BCUT2D eigenvalue weighted by atomic mass is 19.4. The molecule has 0 aliphatic carbocycles. The van der Waals surface area contributed by atoms with Gasteiger partial charge in [-0.05, 0) is 52.1 Å². The minimum absolute atomic E-state index is 0.0649. The molecule has 5 nitrogen and oxygen atoms in total. The number of halogens is 3. The fourth-order valence-corrected chi connectivity index (χ4v) is 4.36. The summed E-state index contributed by atoms with van der Waals surface area (Å²) in [6.45, 7) is 3.71. The van der Waals surface area contributed by atoms with Gasteiger partial charge in [-0.3, -0.25) is 4.79 Å². The molecular weight excluding hydrogens is 521 g/mol. The van der Waals surface area contributed by atoms with Crippen LogP contribution in [0.1, 0.15) is 36.7 Å². The van der Waals surface area contributed by atoms with E-state index in [1.807, 2.05) is 56.3 Å². The highest BCUT2D eigenvalue weighted by Crippen LogP contribution is 2.40. The molecule has 0 unspecified atom stereocenters. The van der Waals surface area contributed by atoms with E-state index in [0.29, 0.717) is 5.56 Å². The first-order chi connectivity index (χ1) is 19.1. The van der Waals surface area contributed by atoms with Crippen molar-refractivity contribution in [2.45, 2.75) is 25.9 Å². The number of esters is 1. The number of ether oxygens (including phenoxy) is 2. The van der Waals surface area contributed by atoms with E-state index in [1.54, 1.807) is 24.3 Å². The lowest BCUT2D eigenvalue weighted by Gasteiger charge is -2.16. The third-order valence-corrected chi connectivity index (χ3v) is 6.27. The maximum absolute atomic E-state index is 14.0. The van der Waals surface area contributed by atoms with Crippen LogP contribution in [0, 0.1) is 0 Å². The van der Waals surface area contributed by atoms with Crippen LogP contribution in [0.3, 0.4) is 0 Å². The summed E-state index contributed by atoms with van der Waals surface area (Å²) in [5, 5.41) is 1.78. The Labute approximate surface area is 227 Å². The summed E-state index contributed by atoms with van der Waals surface area (Å²) in [7, 11) is 0. The van der Waals surface area contributed by atoms with Gasteiger partial charge < -0.3 is 13.9 Å². The zero-order valence-corrected chi connectivity index (χ0v) is 21.5. The van der Waals surface area contributed by atoms with Crippen LogP contribution in [0.25, 0.3) is 27.8 Å². The highest BCUT2D eigenvalue weighted by molar-refractivity contribution is 5.95. The van der Waals surface area contributed by atoms with Crippen molar-refractivity contribution in [1.82, 2.24) is 0 Å². The maximum Gasteiger partial charge on any atom is 0.453 e. The summed E-state index contributed by atoms with van der Waals surface area (Å²) in [5.74, 6) is -3.33. The summed E-state index contributed by atoms with van der Waals surface area (Å²) in [6.07, 6.45) is -2.22. The molecule has 0 aliphatic rings. The normalized spacial score (nSPS) is 11.9. The van der Waals surface area contributed by atoms with Gasteiger partial charge in [-0.1, -0.05) is 74.5 Å². The largest absolute Gasteiger partial charge is 0.453 e. The van der Waals surface area contributed by atoms with Gasteiger partial charge in [0.15, 0.2) is 0 Å². The van der Waals surface area contributed by atoms with Crippen molar-refractivity contribution in [3.63, 3.8) is 0 Å². The fourth-order valence-electron chi connectivity index (χ4n) is 4.36. The van der Waals surface area contributed by atoms with Gasteiger partial charge in [-0.2, -0.15) is 13.2 Å². The number of benzene rings is 4. The predicted molar refractivity (Wildman–Crippen MR) is 147 cm³/mol. The standard InChI is InChI=1S/C32H23F3O5/c1-19(2)23-11-5-6-13-26(23)39-30-29(37)25-16-15-22(18-27(25)40-31(30)32(33,34)35)38-28(36)17-14-21-10-7-9-20-8-3-4-12-24(20)21/h3-19H,1-2H3. The molecule has 5 rings (SSSR count). The molecule has 1 aromatic heterocycles. The van der Waals surface area contributed by atoms with Gasteiger partial charge in [-0.25, -0.2) is 4.79 Å². The van der Waals surface area contributed by atoms with E-state index in [4.69, 9.17) is 13.9 Å². The van der Waals surface area contributed by atoms with Crippen LogP contribution in [-0.2, 0) is 11.0 Å². The van der Waals surface area contributed by atoms with Crippen molar-refractivity contribution in [2.24, 2.45) is 0 Å². The van der Waals surface area contributed by atoms with Gasteiger partial charge in [0, 0.05) is 12.1 Å². The van der Waals surface area contributed by atoms with E-state index >= 15 is 0 Å². The van der Waals surface area contributed by atoms with Crippen molar-refractivity contribution in [3.8, 4) is 17.2 Å². The summed E-state index contributed by atoms with van der Waals surface area (Å²) in [5.41, 5.74) is 0.0286. The van der Waals surface area contributed by atoms with Crippen molar-refractivity contribution in [3.05, 3.63) is 118 Å². The first kappa shape index (κ1) is 26.7. The van der Waals surface area contributed by atoms with E-state index in [2.05, 4.69) is 0 Å². The molecule has 0 amide bonds. The van der Waals surface area contributed by atoms with Crippen LogP contribution in [0.4, 0.5) is 13.2 Å². The summed E-state index contributed by atoms with van der Waals surface area (Å²) in [6, 6.07) is 23.5. The number of fused-ring (bicyclic) bond motifs is 2. The minimum atomic E-state index is -5.02. The van der Waals surface area contributed by atoms with Crippen LogP contribution in [0.15, 0.2) is 100 Å². The van der Waals surface area contributed by atoms with Gasteiger partial charge in [0.05, 0.1) is 5.39 Å². The molecule has 40 heavy (non-hydrogen) atoms. The molecule has 0 N–H and O–H groups in total. The average molecular weight is 545 g/mol. The molecule has 0 saturated carbocycles. The SMILES string of the molecule is CC(C)c1ccccc1Oc1c(C(F)(F)F)oc2cc(OC(=O)C=Cc3cccc4ccccc34)ccc2c1=O. The summed E-state index contributed by atoms with van der Waals surface area (Å²) in [4.78, 5) is 25.7. The van der Waals surface area contributed by atoms with Crippen molar-refractivity contribution >= 4 is 33.8 Å². The zero-order chi connectivity index (χ0) is 28.4. The summed E-state index contributed by atoms with van der Waals surface area (Å²) < 4.78 is 58.0. The second-order valence-electron chi connectivity index (χ2n) is 9.36. The Morgan fingerprint density at radius 2 is 1.62 bits per heavy atom. The average Bonchev–Trinajstić information content (AvgIpc) is 2.92. The molecule has 4 aromatic carbocycles. The molecule has 0 spiro atoms. The van der Waals surface area contributed by atoms with Crippen LogP contribution in [0.2, 0.25) is 0 Å². The van der Waals surface area contributed by atoms with E-state index in [9.17, 15) is 22.8 Å². The Bertz CT molecular complexity index is 1810. The van der Waals surface area contributed by atoms with E-state index in [-0.39, 0.29) is 22.8 Å². The first-order valence-corrected chi connectivity index (χ1v) is 12.4. The Balaban J connectivity index is 1.47. The molecule has 8 heteroatoms. The van der Waals surface area contributed by atoms with E-state index in [1.165, 1.54) is 24.3 Å². The zero-order valence-electron chi connectivity index (χ0n) is 21.5. The molecular formula is C32H23F3O5. The molecule has 0 fully saturated rings. The second kappa shape index (κ2) is 10.7. The molecule has 202 valence electrons. The van der Waals surface area contributed by atoms with E-state index < -0.39 is 34.7 Å². The number of hydrogen-bond donors (Lipinski definition) is 0. The predicted octanol–water partition coefficient (Wildman–Crippen LogP) is 8.50. The quantitative estimate of drug-likeness (QED) is 0.122. The minimum Gasteiger partial charge on any atom is -0.449 e. The van der Waals surface area contributed by atoms with Gasteiger partial charge in [0.1, 0.15) is 17.1 Å². The van der Waals surface area contributed by atoms with Gasteiger partial charge in [0.2, 0.25) is 11.2 Å². The lowest BCUT2D eigenvalue weighted by atomic mass is 10.0. The van der Waals surface area contributed by atoms with Gasteiger partial charge >= 0.3 is 12.1 Å². The van der Waals surface area contributed by atoms with Gasteiger partial charge in [-0.15, -0.1) is 0 Å². The Kier molecular flexibility index (Phi) is 7.17. The number of carbonyl (C=O) groups is 1. The van der Waals surface area contributed by atoms with Crippen LogP contribution >= 0.6 is 0 Å². The molecule has 0 radical (unpaired) electrons. The van der Waals surface area contributed by atoms with Crippen LogP contribution in [0.5, 0.6) is 17.2 Å². The maximum atomic E-state index is 14.0. The van der Waals surface area contributed by atoms with Crippen molar-refractivity contribution in [2.75, 3.05) is 0 Å². The first-order valence-electron chi connectivity index (χ1n) is 12.4. The topological polar surface area (TPSA) is 65.7 Å². The molecule has 5 aromatic rings. The van der Waals surface area contributed by atoms with Gasteiger partial charge in [0.25, 0.3) is 5.76 Å². The number of rotatable bonds is 6. The third kappa shape index (κ3) is 5.47. The van der Waals surface area contributed by atoms with Crippen LogP contribution in [-0.4, -0.2) is 5.97 Å². The number of carbonyl (C=O) groups excluding carboxylic acids is 1. The molecule has 0 aliphatic heterocycles. The Morgan fingerprint density at radius 1 is 0.900 bits per heavy atom. The monoisotopic (exact) mass is 544 g/mol. The second-order valence-corrected chi connectivity index (χ2v) is 9.36. The summed E-state index contributed by atoms with van der Waals surface area (Å²) >= 11 is 0. The van der Waals surface area contributed by atoms with Crippen molar-refractivity contribution in [1.29, 1.82) is 0 Å². The smallest absolute Gasteiger partial charge is 0.449 e. The lowest BCUT2D eigenvalue weighted by Crippen LogP contribution is -2.16. The number of para-hydroxylation sites is 1. The van der Waals surface area contributed by atoms with Crippen LogP contribution < -0.4 is 14.9 Å². The highest BCUT2D eigenvalue weighted by Gasteiger charge is 2.40. The molecule has 0 bridgehead atoms. The lowest BCUT2D eigenvalue weighted by molar-refractivity contribution is -0.154. The number of alkyl halides is 3. The molecule has 1 heterocycles. The Morgan fingerprint density at radius 3 is 2.40 bits per heavy atom. The Hall–Kier alpha value is -4.85.